The molecule has 0 spiro atoms. The summed E-state index contributed by atoms with van der Waals surface area (Å²) in [5, 5.41) is 5.48. The number of aromatic nitrogens is 1. The molecule has 0 amide bonds. The molecule has 4 heterocycles. The maximum absolute atomic E-state index is 6.19. The minimum absolute atomic E-state index is 0.482. The van der Waals surface area contributed by atoms with E-state index in [4.69, 9.17) is 4.84 Å². The van der Waals surface area contributed by atoms with Crippen LogP contribution in [0.25, 0.3) is 5.00 Å². The third kappa shape index (κ3) is 2.57. The van der Waals surface area contributed by atoms with E-state index in [1.54, 1.807) is 11.3 Å². The van der Waals surface area contributed by atoms with Crippen molar-refractivity contribution in [2.24, 2.45) is 0 Å². The highest BCUT2D eigenvalue weighted by Gasteiger charge is 2.25. The smallest absolute Gasteiger partial charge is 0.126 e. The Bertz CT molecular complexity index is 629. The second-order valence-electron chi connectivity index (χ2n) is 6.26. The first-order valence-corrected chi connectivity index (χ1v) is 9.09. The van der Waals surface area contributed by atoms with Gasteiger partial charge in [-0.2, -0.15) is 0 Å². The van der Waals surface area contributed by atoms with Gasteiger partial charge in [-0.15, -0.1) is 11.3 Å². The molecular formula is C17H23N3OS. The van der Waals surface area contributed by atoms with Crippen molar-refractivity contribution in [1.82, 2.24) is 9.47 Å². The third-order valence-corrected chi connectivity index (χ3v) is 5.64. The van der Waals surface area contributed by atoms with Gasteiger partial charge in [-0.1, -0.05) is 6.42 Å². The van der Waals surface area contributed by atoms with Crippen LogP contribution < -0.4 is 5.06 Å². The molecule has 2 aromatic rings. The first-order valence-electron chi connectivity index (χ1n) is 8.21. The molecule has 1 atom stereocenters. The topological polar surface area (TPSA) is 20.6 Å². The van der Waals surface area contributed by atoms with Crippen LogP contribution in [0.5, 0.6) is 0 Å². The van der Waals surface area contributed by atoms with Crippen LogP contribution in [0.4, 0.5) is 5.69 Å². The fourth-order valence-electron chi connectivity index (χ4n) is 3.42. The predicted octanol–water partition coefficient (Wildman–Crippen LogP) is 3.66. The van der Waals surface area contributed by atoms with E-state index in [-0.39, 0.29) is 0 Å². The number of hydrogen-bond acceptors (Lipinski definition) is 4. The summed E-state index contributed by atoms with van der Waals surface area (Å²) in [6.45, 7) is 6.31. The van der Waals surface area contributed by atoms with E-state index in [0.717, 1.165) is 13.2 Å². The molecule has 118 valence electrons. The van der Waals surface area contributed by atoms with E-state index in [1.807, 2.05) is 0 Å². The van der Waals surface area contributed by atoms with Crippen LogP contribution in [-0.2, 0) is 11.4 Å². The molecule has 1 saturated heterocycles. The van der Waals surface area contributed by atoms with Gasteiger partial charge in [0.15, 0.2) is 0 Å². The number of piperidine rings is 1. The summed E-state index contributed by atoms with van der Waals surface area (Å²) in [4.78, 5) is 8.75. The van der Waals surface area contributed by atoms with Crippen molar-refractivity contribution < 1.29 is 4.84 Å². The van der Waals surface area contributed by atoms with Crippen LogP contribution in [0.1, 0.15) is 31.9 Å². The van der Waals surface area contributed by atoms with Gasteiger partial charge in [0.05, 0.1) is 18.8 Å². The first kappa shape index (κ1) is 14.3. The van der Waals surface area contributed by atoms with Gasteiger partial charge in [0.1, 0.15) is 5.00 Å². The van der Waals surface area contributed by atoms with Crippen LogP contribution >= 0.6 is 11.3 Å². The Hall–Kier alpha value is -1.30. The average molecular weight is 317 g/mol. The standard InChI is InChI=1S/C17H23N3OS/c1-14(18-8-3-2-4-9-18)13-21-20-12-15-6-5-10-19(15)17-16(20)7-11-22-17/h5-7,10-11,14H,2-4,8-9,12-13H2,1H3. The second kappa shape index (κ2) is 6.07. The molecule has 22 heavy (non-hydrogen) atoms. The van der Waals surface area contributed by atoms with Crippen LogP contribution in [0.3, 0.4) is 0 Å². The molecular weight excluding hydrogens is 294 g/mol. The van der Waals surface area contributed by atoms with Gasteiger partial charge >= 0.3 is 0 Å². The Morgan fingerprint density at radius 2 is 2.09 bits per heavy atom. The van der Waals surface area contributed by atoms with Crippen molar-refractivity contribution in [3.63, 3.8) is 0 Å². The lowest BCUT2D eigenvalue weighted by molar-refractivity contribution is 0.0396. The van der Waals surface area contributed by atoms with Gasteiger partial charge in [0.2, 0.25) is 0 Å². The van der Waals surface area contributed by atoms with Crippen LogP contribution in [-0.4, -0.2) is 35.2 Å². The number of nitrogens with zero attached hydrogens (tertiary/aromatic N) is 3. The number of rotatable bonds is 4. The molecule has 0 aliphatic carbocycles. The van der Waals surface area contributed by atoms with Crippen molar-refractivity contribution in [3.05, 3.63) is 35.5 Å². The molecule has 2 aromatic heterocycles. The lowest BCUT2D eigenvalue weighted by Gasteiger charge is -2.35. The fraction of sp³-hybridized carbons (Fsp3) is 0.529. The molecule has 0 aromatic carbocycles. The summed E-state index contributed by atoms with van der Waals surface area (Å²) >= 11 is 1.77. The molecule has 0 bridgehead atoms. The minimum atomic E-state index is 0.482. The average Bonchev–Trinajstić information content (AvgIpc) is 3.21. The Morgan fingerprint density at radius 1 is 1.23 bits per heavy atom. The Morgan fingerprint density at radius 3 is 2.95 bits per heavy atom. The van der Waals surface area contributed by atoms with E-state index in [0.29, 0.717) is 6.04 Å². The molecule has 4 rings (SSSR count). The molecule has 1 unspecified atom stereocenters. The molecule has 0 N–H and O–H groups in total. The van der Waals surface area contributed by atoms with E-state index in [2.05, 4.69) is 51.2 Å². The molecule has 0 radical (unpaired) electrons. The zero-order chi connectivity index (χ0) is 14.9. The van der Waals surface area contributed by atoms with E-state index < -0.39 is 0 Å². The molecule has 2 aliphatic heterocycles. The predicted molar refractivity (Wildman–Crippen MR) is 90.7 cm³/mol. The first-order chi connectivity index (χ1) is 10.8. The summed E-state index contributed by atoms with van der Waals surface area (Å²) in [6, 6.07) is 6.93. The molecule has 1 fully saturated rings. The molecule has 0 saturated carbocycles. The number of hydrogen-bond donors (Lipinski definition) is 0. The van der Waals surface area contributed by atoms with Crippen molar-refractivity contribution in [2.75, 3.05) is 24.8 Å². The monoisotopic (exact) mass is 317 g/mol. The number of hydroxylamine groups is 1. The maximum Gasteiger partial charge on any atom is 0.126 e. The summed E-state index contributed by atoms with van der Waals surface area (Å²) in [6.07, 6.45) is 6.18. The van der Waals surface area contributed by atoms with Gasteiger partial charge in [-0.25, -0.2) is 5.06 Å². The third-order valence-electron chi connectivity index (χ3n) is 4.74. The largest absolute Gasteiger partial charge is 0.309 e. The highest BCUT2D eigenvalue weighted by atomic mass is 32.1. The minimum Gasteiger partial charge on any atom is -0.309 e. The summed E-state index contributed by atoms with van der Waals surface area (Å²) in [5.41, 5.74) is 2.49. The lowest BCUT2D eigenvalue weighted by atomic mass is 10.1. The van der Waals surface area contributed by atoms with E-state index in [1.165, 1.54) is 48.7 Å². The Kier molecular flexibility index (Phi) is 3.94. The summed E-state index contributed by atoms with van der Waals surface area (Å²) in [5.74, 6) is 0. The highest BCUT2D eigenvalue weighted by molar-refractivity contribution is 7.13. The molecule has 4 nitrogen and oxygen atoms in total. The van der Waals surface area contributed by atoms with Crippen molar-refractivity contribution in [1.29, 1.82) is 0 Å². The van der Waals surface area contributed by atoms with Gasteiger partial charge in [-0.3, -0.25) is 9.74 Å². The van der Waals surface area contributed by atoms with Gasteiger partial charge in [0.25, 0.3) is 0 Å². The number of anilines is 1. The van der Waals surface area contributed by atoms with Crippen LogP contribution in [0, 0.1) is 0 Å². The quantitative estimate of drug-likeness (QED) is 0.858. The highest BCUT2D eigenvalue weighted by Crippen LogP contribution is 2.36. The number of thiophene rings is 1. The molecule has 5 heteroatoms. The number of fused-ring (bicyclic) bond motifs is 3. The fourth-order valence-corrected chi connectivity index (χ4v) is 4.33. The Labute approximate surface area is 135 Å². The van der Waals surface area contributed by atoms with Gasteiger partial charge in [-0.05, 0) is 56.4 Å². The van der Waals surface area contributed by atoms with Crippen molar-refractivity contribution >= 4 is 17.0 Å². The summed E-state index contributed by atoms with van der Waals surface area (Å²) < 4.78 is 2.27. The lowest BCUT2D eigenvalue weighted by Crippen LogP contribution is -2.42. The normalized spacial score (nSPS) is 19.8. The SMILES string of the molecule is CC(CON1Cc2cccn2-c2sccc21)N1CCCCC1. The second-order valence-corrected chi connectivity index (χ2v) is 7.15. The van der Waals surface area contributed by atoms with E-state index in [9.17, 15) is 0 Å². The van der Waals surface area contributed by atoms with Gasteiger partial charge < -0.3 is 4.57 Å². The van der Waals surface area contributed by atoms with Crippen LogP contribution in [0.2, 0.25) is 0 Å². The zero-order valence-electron chi connectivity index (χ0n) is 13.1. The number of likely N-dealkylation sites (tertiary alicyclic amines) is 1. The zero-order valence-corrected chi connectivity index (χ0v) is 13.9. The summed E-state index contributed by atoms with van der Waals surface area (Å²) in [7, 11) is 0. The van der Waals surface area contributed by atoms with Crippen molar-refractivity contribution in [2.45, 2.75) is 38.8 Å². The Balaban J connectivity index is 1.44. The molecule has 2 aliphatic rings. The van der Waals surface area contributed by atoms with E-state index >= 15 is 0 Å². The van der Waals surface area contributed by atoms with Crippen molar-refractivity contribution in [3.8, 4) is 5.00 Å². The van der Waals surface area contributed by atoms with Gasteiger partial charge in [0, 0.05) is 17.9 Å². The van der Waals surface area contributed by atoms with Crippen LogP contribution in [0.15, 0.2) is 29.8 Å². The maximum atomic E-state index is 6.19.